The quantitative estimate of drug-likeness (QED) is 0.531. The maximum absolute atomic E-state index is 12.9. The van der Waals surface area contributed by atoms with Crippen LogP contribution in [0.25, 0.3) is 11.0 Å². The fourth-order valence-corrected chi connectivity index (χ4v) is 4.89. The third kappa shape index (κ3) is 5.57. The number of ether oxygens (including phenoxy) is 1. The zero-order valence-electron chi connectivity index (χ0n) is 20.2. The standard InChI is InChI=1S/C24H33N5O6/c1-26(24(33)34)11-9-17-15-28(12-13-35-17)10-3-4-16-5-6-18-20(14-16)27(2)23(32)29(18)19-7-8-21(30)25-22(19)31/h5-6,14,17,19H,3-4,7-13,15H2,1-2H3,(H,33,34)(H,25,30,31)/t17-,19?/m0/s1. The van der Waals surface area contributed by atoms with Gasteiger partial charge in [-0.2, -0.15) is 0 Å². The Balaban J connectivity index is 1.36. The summed E-state index contributed by atoms with van der Waals surface area (Å²) < 4.78 is 8.85. The van der Waals surface area contributed by atoms with Crippen LogP contribution in [0.5, 0.6) is 0 Å². The fraction of sp³-hybridized carbons (Fsp3) is 0.583. The molecular weight excluding hydrogens is 454 g/mol. The zero-order chi connectivity index (χ0) is 25.1. The number of nitrogens with one attached hydrogen (secondary N) is 1. The molecule has 4 rings (SSSR count). The minimum atomic E-state index is -0.931. The lowest BCUT2D eigenvalue weighted by molar-refractivity contribution is -0.135. The number of hydrogen-bond acceptors (Lipinski definition) is 6. The van der Waals surface area contributed by atoms with E-state index in [4.69, 9.17) is 9.84 Å². The number of imidazole rings is 1. The Bertz CT molecular complexity index is 1170. The van der Waals surface area contributed by atoms with Gasteiger partial charge in [0.15, 0.2) is 0 Å². The average molecular weight is 488 g/mol. The molecule has 2 saturated heterocycles. The summed E-state index contributed by atoms with van der Waals surface area (Å²) in [6.07, 6.45) is 2.10. The molecule has 2 aliphatic heterocycles. The van der Waals surface area contributed by atoms with E-state index in [1.54, 1.807) is 18.7 Å². The Morgan fingerprint density at radius 2 is 2.06 bits per heavy atom. The Kier molecular flexibility index (Phi) is 7.56. The van der Waals surface area contributed by atoms with E-state index in [-0.39, 0.29) is 24.1 Å². The highest BCUT2D eigenvalue weighted by molar-refractivity contribution is 6.00. The SMILES string of the molecule is CN(CC[C@H]1CN(CCCc2ccc3c(c2)n(C)c(=O)n3C2CCC(=O)NC2=O)CCO1)C(=O)O. The maximum atomic E-state index is 12.9. The van der Waals surface area contributed by atoms with Crippen LogP contribution in [0.4, 0.5) is 4.79 Å². The molecule has 11 heteroatoms. The lowest BCUT2D eigenvalue weighted by Crippen LogP contribution is -2.44. The summed E-state index contributed by atoms with van der Waals surface area (Å²) in [6.45, 7) is 3.64. The first-order valence-corrected chi connectivity index (χ1v) is 12.1. The van der Waals surface area contributed by atoms with E-state index in [0.717, 1.165) is 43.6 Å². The number of morpholine rings is 1. The molecule has 2 fully saturated rings. The van der Waals surface area contributed by atoms with Gasteiger partial charge in [-0.05, 0) is 49.9 Å². The lowest BCUT2D eigenvalue weighted by Gasteiger charge is -2.33. The zero-order valence-corrected chi connectivity index (χ0v) is 20.2. The third-order valence-electron chi connectivity index (χ3n) is 6.95. The molecule has 11 nitrogen and oxygen atoms in total. The molecule has 0 radical (unpaired) electrons. The van der Waals surface area contributed by atoms with Crippen LogP contribution in [-0.4, -0.2) is 87.9 Å². The lowest BCUT2D eigenvalue weighted by atomic mass is 10.0. The van der Waals surface area contributed by atoms with Crippen LogP contribution >= 0.6 is 0 Å². The Labute approximate surface area is 203 Å². The minimum absolute atomic E-state index is 0.0310. The molecule has 2 N–H and O–H groups in total. The van der Waals surface area contributed by atoms with E-state index in [0.29, 0.717) is 31.5 Å². The second kappa shape index (κ2) is 10.6. The van der Waals surface area contributed by atoms with Crippen LogP contribution in [0, 0.1) is 0 Å². The second-order valence-corrected chi connectivity index (χ2v) is 9.39. The number of benzene rings is 1. The van der Waals surface area contributed by atoms with E-state index >= 15 is 0 Å². The molecule has 0 aliphatic carbocycles. The number of imide groups is 1. The summed E-state index contributed by atoms with van der Waals surface area (Å²) in [5, 5.41) is 11.3. The van der Waals surface area contributed by atoms with E-state index < -0.39 is 18.0 Å². The van der Waals surface area contributed by atoms with Gasteiger partial charge >= 0.3 is 11.8 Å². The van der Waals surface area contributed by atoms with E-state index in [9.17, 15) is 19.2 Å². The Hall–Kier alpha value is -3.18. The number of carbonyl (C=O) groups is 3. The van der Waals surface area contributed by atoms with Crippen molar-refractivity contribution in [2.24, 2.45) is 7.05 Å². The fourth-order valence-electron chi connectivity index (χ4n) is 4.89. The van der Waals surface area contributed by atoms with Crippen LogP contribution in [0.3, 0.4) is 0 Å². The van der Waals surface area contributed by atoms with Crippen molar-refractivity contribution < 1.29 is 24.2 Å². The van der Waals surface area contributed by atoms with Crippen molar-refractivity contribution in [1.82, 2.24) is 24.3 Å². The molecule has 35 heavy (non-hydrogen) atoms. The second-order valence-electron chi connectivity index (χ2n) is 9.39. The number of hydrogen-bond donors (Lipinski definition) is 2. The van der Waals surface area contributed by atoms with Crippen LogP contribution in [0.1, 0.15) is 37.3 Å². The van der Waals surface area contributed by atoms with Crippen molar-refractivity contribution in [3.63, 3.8) is 0 Å². The summed E-state index contributed by atoms with van der Waals surface area (Å²) >= 11 is 0. The molecule has 2 atom stereocenters. The number of aryl methyl sites for hydroxylation is 2. The monoisotopic (exact) mass is 487 g/mol. The Morgan fingerprint density at radius 3 is 2.80 bits per heavy atom. The van der Waals surface area contributed by atoms with Gasteiger partial charge in [-0.15, -0.1) is 0 Å². The summed E-state index contributed by atoms with van der Waals surface area (Å²) in [5.74, 6) is -0.737. The largest absolute Gasteiger partial charge is 0.465 e. The van der Waals surface area contributed by atoms with Crippen molar-refractivity contribution in [3.05, 3.63) is 34.2 Å². The predicted octanol–water partition coefficient (Wildman–Crippen LogP) is 0.951. The number of carboxylic acid groups (broad SMARTS) is 1. The van der Waals surface area contributed by atoms with E-state index in [2.05, 4.69) is 10.2 Å². The number of aromatic nitrogens is 2. The minimum Gasteiger partial charge on any atom is -0.465 e. The number of piperidine rings is 1. The maximum Gasteiger partial charge on any atom is 0.407 e. The van der Waals surface area contributed by atoms with Crippen molar-refractivity contribution in [2.45, 2.75) is 44.2 Å². The smallest absolute Gasteiger partial charge is 0.407 e. The average Bonchev–Trinajstić information content (AvgIpc) is 3.07. The van der Waals surface area contributed by atoms with Crippen molar-refractivity contribution in [3.8, 4) is 0 Å². The van der Waals surface area contributed by atoms with Crippen molar-refractivity contribution in [1.29, 1.82) is 0 Å². The van der Waals surface area contributed by atoms with Gasteiger partial charge in [-0.3, -0.25) is 28.9 Å². The molecule has 0 saturated carbocycles. The molecule has 2 aromatic rings. The van der Waals surface area contributed by atoms with Gasteiger partial charge in [-0.25, -0.2) is 9.59 Å². The van der Waals surface area contributed by atoms with Gasteiger partial charge < -0.3 is 14.7 Å². The van der Waals surface area contributed by atoms with Gasteiger partial charge in [0, 0.05) is 40.2 Å². The van der Waals surface area contributed by atoms with Crippen LogP contribution in [0.2, 0.25) is 0 Å². The van der Waals surface area contributed by atoms with Gasteiger partial charge in [0.05, 0.1) is 23.7 Å². The molecule has 0 bridgehead atoms. The van der Waals surface area contributed by atoms with Crippen molar-refractivity contribution >= 4 is 28.9 Å². The molecule has 3 amide bonds. The summed E-state index contributed by atoms with van der Waals surface area (Å²) in [4.78, 5) is 51.4. The third-order valence-corrected chi connectivity index (χ3v) is 6.95. The van der Waals surface area contributed by atoms with Crippen LogP contribution in [-0.2, 0) is 27.8 Å². The summed E-state index contributed by atoms with van der Waals surface area (Å²) in [6, 6.07) is 5.20. The van der Waals surface area contributed by atoms with Gasteiger partial charge in [0.1, 0.15) is 6.04 Å². The topological polar surface area (TPSA) is 126 Å². The molecule has 3 heterocycles. The van der Waals surface area contributed by atoms with Crippen LogP contribution < -0.4 is 11.0 Å². The van der Waals surface area contributed by atoms with Gasteiger partial charge in [0.25, 0.3) is 0 Å². The first kappa shape index (κ1) is 24.9. The number of fused-ring (bicyclic) bond motifs is 1. The first-order chi connectivity index (χ1) is 16.7. The normalized spacial score (nSPS) is 21.3. The van der Waals surface area contributed by atoms with Crippen LogP contribution in [0.15, 0.2) is 23.0 Å². The van der Waals surface area contributed by atoms with Gasteiger partial charge in [-0.1, -0.05) is 6.07 Å². The number of amides is 3. The molecule has 2 aliphatic rings. The first-order valence-electron chi connectivity index (χ1n) is 12.1. The molecule has 1 aromatic carbocycles. The number of rotatable bonds is 8. The molecule has 0 spiro atoms. The summed E-state index contributed by atoms with van der Waals surface area (Å²) in [5.41, 5.74) is 2.31. The molecule has 190 valence electrons. The molecule has 1 aromatic heterocycles. The predicted molar refractivity (Wildman–Crippen MR) is 128 cm³/mol. The van der Waals surface area contributed by atoms with Crippen molar-refractivity contribution in [2.75, 3.05) is 39.8 Å². The molecular formula is C24H33N5O6. The van der Waals surface area contributed by atoms with E-state index in [1.165, 1.54) is 9.47 Å². The molecule has 1 unspecified atom stereocenters. The van der Waals surface area contributed by atoms with E-state index in [1.807, 2.05) is 18.2 Å². The highest BCUT2D eigenvalue weighted by Crippen LogP contribution is 2.24. The summed E-state index contributed by atoms with van der Waals surface area (Å²) in [7, 11) is 3.26. The Morgan fingerprint density at radius 1 is 1.26 bits per heavy atom. The van der Waals surface area contributed by atoms with Gasteiger partial charge in [0.2, 0.25) is 11.8 Å². The number of carbonyl (C=O) groups excluding carboxylic acids is 2. The highest BCUT2D eigenvalue weighted by atomic mass is 16.5. The highest BCUT2D eigenvalue weighted by Gasteiger charge is 2.31. The number of nitrogens with zero attached hydrogens (tertiary/aromatic N) is 4.